The zero-order chi connectivity index (χ0) is 20.9. The van der Waals surface area contributed by atoms with Crippen molar-refractivity contribution in [3.63, 3.8) is 0 Å². The second-order valence-corrected chi connectivity index (χ2v) is 9.47. The summed E-state index contributed by atoms with van der Waals surface area (Å²) >= 11 is 1.54. The highest BCUT2D eigenvalue weighted by Gasteiger charge is 2.12. The first-order valence-electron chi connectivity index (χ1n) is 8.72. The van der Waals surface area contributed by atoms with Gasteiger partial charge in [-0.05, 0) is 34.7 Å². The number of hydrogen-bond acceptors (Lipinski definition) is 6. The quantitative estimate of drug-likeness (QED) is 0.437. The van der Waals surface area contributed by atoms with E-state index in [0.717, 1.165) is 11.1 Å². The second-order valence-electron chi connectivity index (χ2n) is 6.38. The fraction of sp³-hybridized carbons (Fsp3) is 0.263. The van der Waals surface area contributed by atoms with Crippen LogP contribution in [0.5, 0.6) is 0 Å². The highest BCUT2D eigenvalue weighted by molar-refractivity contribution is 7.89. The third-order valence-electron chi connectivity index (χ3n) is 3.98. The first-order chi connectivity index (χ1) is 13.8. The molecular weight excluding hydrogens is 415 g/mol. The summed E-state index contributed by atoms with van der Waals surface area (Å²) in [6, 6.07) is 7.93. The van der Waals surface area contributed by atoms with Gasteiger partial charge in [-0.2, -0.15) is 0 Å². The largest absolute Gasteiger partial charge is 0.443 e. The maximum Gasteiger partial charge on any atom is 0.236 e. The van der Waals surface area contributed by atoms with E-state index in [-0.39, 0.29) is 12.3 Å². The van der Waals surface area contributed by atoms with Crippen molar-refractivity contribution in [1.82, 2.24) is 15.6 Å². The monoisotopic (exact) mass is 436 g/mol. The van der Waals surface area contributed by atoms with Gasteiger partial charge in [0.05, 0.1) is 22.9 Å². The Balaban J connectivity index is 1.61. The minimum absolute atomic E-state index is 0.152. The van der Waals surface area contributed by atoms with Gasteiger partial charge in [0.15, 0.2) is 15.8 Å². The van der Waals surface area contributed by atoms with Crippen molar-refractivity contribution in [3.05, 3.63) is 64.6 Å². The Hall–Kier alpha value is -2.72. The lowest BCUT2D eigenvalue weighted by Crippen LogP contribution is -2.36. The zero-order valence-electron chi connectivity index (χ0n) is 16.0. The van der Waals surface area contributed by atoms with E-state index in [9.17, 15) is 12.8 Å². The number of hydrogen-bond donors (Lipinski definition) is 2. The molecule has 10 heteroatoms. The van der Waals surface area contributed by atoms with Crippen molar-refractivity contribution < 1.29 is 17.2 Å². The summed E-state index contributed by atoms with van der Waals surface area (Å²) in [7, 11) is -1.62. The van der Waals surface area contributed by atoms with Crippen molar-refractivity contribution in [2.75, 3.05) is 13.3 Å². The van der Waals surface area contributed by atoms with Gasteiger partial charge in [-0.1, -0.05) is 12.1 Å². The number of aliphatic imine (C=N–C) groups is 1. The van der Waals surface area contributed by atoms with E-state index in [1.165, 1.54) is 18.2 Å². The van der Waals surface area contributed by atoms with Crippen LogP contribution in [0, 0.1) is 5.82 Å². The molecule has 0 unspecified atom stereocenters. The molecule has 154 valence electrons. The number of rotatable bonds is 7. The third-order valence-corrected chi connectivity index (χ3v) is 5.67. The molecule has 29 heavy (non-hydrogen) atoms. The summed E-state index contributed by atoms with van der Waals surface area (Å²) in [5, 5.41) is 8.12. The summed E-state index contributed by atoms with van der Waals surface area (Å²) in [4.78, 5) is 9.50. The fourth-order valence-electron chi connectivity index (χ4n) is 2.66. The molecule has 2 aromatic heterocycles. The first kappa shape index (κ1) is 21.0. The van der Waals surface area contributed by atoms with Crippen molar-refractivity contribution in [2.45, 2.75) is 18.8 Å². The maximum absolute atomic E-state index is 13.6. The van der Waals surface area contributed by atoms with Crippen LogP contribution in [-0.4, -0.2) is 32.7 Å². The lowest BCUT2D eigenvalue weighted by Gasteiger charge is -2.13. The van der Waals surface area contributed by atoms with Gasteiger partial charge in [0.25, 0.3) is 0 Å². The molecule has 1 aromatic carbocycles. The summed E-state index contributed by atoms with van der Waals surface area (Å²) in [5.74, 6) is 0.455. The molecule has 2 N–H and O–H groups in total. The van der Waals surface area contributed by atoms with Crippen LogP contribution < -0.4 is 10.6 Å². The van der Waals surface area contributed by atoms with Crippen LogP contribution in [0.1, 0.15) is 16.8 Å². The lowest BCUT2D eigenvalue weighted by molar-refractivity contribution is 0.573. The number of nitrogens with one attached hydrogen (secondary N) is 2. The van der Waals surface area contributed by atoms with Gasteiger partial charge in [-0.3, -0.25) is 4.99 Å². The van der Waals surface area contributed by atoms with Crippen LogP contribution in [0.25, 0.3) is 10.8 Å². The topological polar surface area (TPSA) is 96.6 Å². The molecule has 0 bridgehead atoms. The summed E-state index contributed by atoms with van der Waals surface area (Å²) in [6.07, 6.45) is 2.72. The summed E-state index contributed by atoms with van der Waals surface area (Å²) < 4.78 is 42.3. The van der Waals surface area contributed by atoms with Crippen molar-refractivity contribution in [2.24, 2.45) is 4.99 Å². The number of halogens is 1. The van der Waals surface area contributed by atoms with Gasteiger partial charge in [0.2, 0.25) is 5.89 Å². The fourth-order valence-corrected chi connectivity index (χ4v) is 4.16. The second kappa shape index (κ2) is 9.19. The third kappa shape index (κ3) is 6.13. The molecule has 0 saturated carbocycles. The van der Waals surface area contributed by atoms with Gasteiger partial charge < -0.3 is 15.1 Å². The molecule has 3 rings (SSSR count). The Morgan fingerprint density at radius 2 is 2.03 bits per heavy atom. The number of sulfone groups is 1. The van der Waals surface area contributed by atoms with E-state index in [2.05, 4.69) is 20.6 Å². The van der Waals surface area contributed by atoms with Gasteiger partial charge >= 0.3 is 0 Å². The number of guanidine groups is 1. The molecule has 0 atom stereocenters. The highest BCUT2D eigenvalue weighted by atomic mass is 32.2. The molecule has 2 heterocycles. The van der Waals surface area contributed by atoms with Crippen LogP contribution in [0.3, 0.4) is 0 Å². The Morgan fingerprint density at radius 1 is 1.24 bits per heavy atom. The molecule has 0 fully saturated rings. The lowest BCUT2D eigenvalue weighted by atomic mass is 10.1. The normalized spacial score (nSPS) is 12.2. The summed E-state index contributed by atoms with van der Waals surface area (Å²) in [6.45, 7) is 0.607. The molecule has 0 amide bonds. The van der Waals surface area contributed by atoms with E-state index in [1.807, 2.05) is 17.5 Å². The Kier molecular flexibility index (Phi) is 6.65. The van der Waals surface area contributed by atoms with Crippen molar-refractivity contribution in [3.8, 4) is 10.8 Å². The van der Waals surface area contributed by atoms with E-state index >= 15 is 0 Å². The average Bonchev–Trinajstić information content (AvgIpc) is 3.34. The van der Waals surface area contributed by atoms with Gasteiger partial charge in [-0.15, -0.1) is 11.3 Å². The molecule has 7 nitrogen and oxygen atoms in total. The number of nitrogens with zero attached hydrogens (tertiary/aromatic N) is 2. The number of oxazole rings is 1. The minimum atomic E-state index is -3.23. The molecule has 0 aliphatic carbocycles. The number of thiophene rings is 1. The SMILES string of the molecule is CN=C(NCc1coc(-c2cccs2)n1)NCc1cc(F)ccc1CS(C)(=O)=O. The van der Waals surface area contributed by atoms with Crippen molar-refractivity contribution >= 4 is 27.1 Å². The molecule has 0 saturated heterocycles. The predicted molar refractivity (Wildman–Crippen MR) is 112 cm³/mol. The van der Waals surface area contributed by atoms with Crippen LogP contribution in [0.2, 0.25) is 0 Å². The summed E-state index contributed by atoms with van der Waals surface area (Å²) in [5.41, 5.74) is 1.81. The van der Waals surface area contributed by atoms with Gasteiger partial charge in [0.1, 0.15) is 12.1 Å². The smallest absolute Gasteiger partial charge is 0.236 e. The number of aromatic nitrogens is 1. The highest BCUT2D eigenvalue weighted by Crippen LogP contribution is 2.23. The van der Waals surface area contributed by atoms with Crippen LogP contribution >= 0.6 is 11.3 Å². The van der Waals surface area contributed by atoms with Crippen LogP contribution in [0.4, 0.5) is 4.39 Å². The van der Waals surface area contributed by atoms with Crippen LogP contribution in [-0.2, 0) is 28.7 Å². The van der Waals surface area contributed by atoms with E-state index in [4.69, 9.17) is 4.42 Å². The molecule has 3 aromatic rings. The average molecular weight is 437 g/mol. The molecular formula is C19H21FN4O3S2. The molecule has 0 aliphatic heterocycles. The van der Waals surface area contributed by atoms with Crippen molar-refractivity contribution in [1.29, 1.82) is 0 Å². The van der Waals surface area contributed by atoms with E-state index < -0.39 is 15.7 Å². The Morgan fingerprint density at radius 3 is 2.72 bits per heavy atom. The minimum Gasteiger partial charge on any atom is -0.443 e. The molecule has 0 radical (unpaired) electrons. The molecule has 0 aliphatic rings. The van der Waals surface area contributed by atoms with Crippen LogP contribution in [0.15, 0.2) is 51.4 Å². The molecule has 0 spiro atoms. The van der Waals surface area contributed by atoms with Gasteiger partial charge in [-0.25, -0.2) is 17.8 Å². The Bertz CT molecular complexity index is 1090. The van der Waals surface area contributed by atoms with E-state index in [0.29, 0.717) is 35.2 Å². The Labute approximate surface area is 172 Å². The zero-order valence-corrected chi connectivity index (χ0v) is 17.6. The standard InChI is InChI=1S/C19H21FN4O3S2/c1-21-19(23-10-16-11-27-18(24-16)17-4-3-7-28-17)22-9-14-8-15(20)6-5-13(14)12-29(2,25)26/h3-8,11H,9-10,12H2,1-2H3,(H2,21,22,23). The number of benzene rings is 1. The maximum atomic E-state index is 13.6. The van der Waals surface area contributed by atoms with E-state index in [1.54, 1.807) is 24.6 Å². The first-order valence-corrected chi connectivity index (χ1v) is 11.7. The predicted octanol–water partition coefficient (Wildman–Crippen LogP) is 2.95. The van der Waals surface area contributed by atoms with Gasteiger partial charge in [0, 0.05) is 19.8 Å².